The summed E-state index contributed by atoms with van der Waals surface area (Å²) in [5.74, 6) is -13.5. The maximum absolute atomic E-state index is 15.2. The molecule has 2 nitrogen and oxygen atoms in total. The molecule has 0 amide bonds. The fourth-order valence-corrected chi connectivity index (χ4v) is 3.91. The first-order valence-electron chi connectivity index (χ1n) is 9.50. The van der Waals surface area contributed by atoms with Crippen molar-refractivity contribution in [1.82, 2.24) is 0 Å². The molecule has 0 radical (unpaired) electrons. The highest BCUT2D eigenvalue weighted by Crippen LogP contribution is 2.60. The Kier molecular flexibility index (Phi) is 4.78. The van der Waals surface area contributed by atoms with Crippen LogP contribution in [0, 0.1) is 11.6 Å². The molecular formula is C22H18F6O2. The third kappa shape index (κ3) is 2.80. The van der Waals surface area contributed by atoms with Crippen LogP contribution in [0.15, 0.2) is 30.5 Å². The van der Waals surface area contributed by atoms with E-state index >= 15 is 4.39 Å². The molecule has 160 valence electrons. The lowest BCUT2D eigenvalue weighted by atomic mass is 9.78. The molecule has 2 aliphatic rings. The molecule has 2 aromatic rings. The number of hydrogen-bond acceptors (Lipinski definition) is 2. The smallest absolute Gasteiger partial charge is 0.343 e. The third-order valence-corrected chi connectivity index (χ3v) is 5.47. The van der Waals surface area contributed by atoms with E-state index in [4.69, 9.17) is 9.47 Å². The Balaban J connectivity index is 1.98. The molecule has 0 fully saturated rings. The standard InChI is InChI=1S/C22H18F6O2/c1-3-29-16-9-8-15-14-7-6-13(12-5-4-11(2)30-10-12)19(23)17(14)21(25,26)22(27,28)18(15)20(16)24/h6-11H,3-5H2,1-2H3. The van der Waals surface area contributed by atoms with Gasteiger partial charge in [-0.3, -0.25) is 0 Å². The van der Waals surface area contributed by atoms with Crippen molar-refractivity contribution >= 4 is 5.57 Å². The summed E-state index contributed by atoms with van der Waals surface area (Å²) in [4.78, 5) is 0. The zero-order chi connectivity index (χ0) is 21.8. The molecule has 1 aliphatic carbocycles. The maximum Gasteiger partial charge on any atom is 0.343 e. The lowest BCUT2D eigenvalue weighted by Gasteiger charge is -2.36. The van der Waals surface area contributed by atoms with Gasteiger partial charge in [-0.15, -0.1) is 0 Å². The van der Waals surface area contributed by atoms with Crippen molar-refractivity contribution in [3.63, 3.8) is 0 Å². The summed E-state index contributed by atoms with van der Waals surface area (Å²) in [7, 11) is 0. The van der Waals surface area contributed by atoms with Crippen LogP contribution in [0.5, 0.6) is 5.75 Å². The van der Waals surface area contributed by atoms with Gasteiger partial charge >= 0.3 is 11.8 Å². The van der Waals surface area contributed by atoms with Crippen LogP contribution in [-0.4, -0.2) is 12.7 Å². The first-order chi connectivity index (χ1) is 14.1. The molecule has 1 atom stereocenters. The van der Waals surface area contributed by atoms with E-state index in [0.717, 1.165) is 18.2 Å². The number of halogens is 6. The van der Waals surface area contributed by atoms with Crippen molar-refractivity contribution in [3.05, 3.63) is 58.9 Å². The van der Waals surface area contributed by atoms with E-state index in [2.05, 4.69) is 0 Å². The summed E-state index contributed by atoms with van der Waals surface area (Å²) in [6, 6.07) is 4.48. The van der Waals surface area contributed by atoms with Crippen LogP contribution < -0.4 is 4.74 Å². The quantitative estimate of drug-likeness (QED) is 0.503. The van der Waals surface area contributed by atoms with Gasteiger partial charge in [-0.05, 0) is 55.5 Å². The van der Waals surface area contributed by atoms with Crippen molar-refractivity contribution in [2.75, 3.05) is 6.61 Å². The molecule has 1 heterocycles. The van der Waals surface area contributed by atoms with E-state index in [1.165, 1.54) is 19.3 Å². The van der Waals surface area contributed by atoms with Gasteiger partial charge in [0.1, 0.15) is 5.82 Å². The normalized spacial score (nSPS) is 21.2. The Hall–Kier alpha value is -2.64. The molecule has 0 saturated carbocycles. The summed E-state index contributed by atoms with van der Waals surface area (Å²) >= 11 is 0. The molecular weight excluding hydrogens is 410 g/mol. The summed E-state index contributed by atoms with van der Waals surface area (Å²) in [6.07, 6.45) is 2.03. The monoisotopic (exact) mass is 428 g/mol. The Morgan fingerprint density at radius 3 is 2.07 bits per heavy atom. The average molecular weight is 428 g/mol. The average Bonchev–Trinajstić information content (AvgIpc) is 2.68. The summed E-state index contributed by atoms with van der Waals surface area (Å²) in [6.45, 7) is 3.26. The Labute approximate surface area is 169 Å². The summed E-state index contributed by atoms with van der Waals surface area (Å²) in [5.41, 5.74) is -3.83. The van der Waals surface area contributed by atoms with Gasteiger partial charge < -0.3 is 9.47 Å². The van der Waals surface area contributed by atoms with E-state index in [1.54, 1.807) is 6.92 Å². The SMILES string of the molecule is CCOc1ccc2c(c1F)C(F)(F)C(F)(F)c1c-2ccc(C2=COC(C)CC2)c1F. The second kappa shape index (κ2) is 6.96. The first kappa shape index (κ1) is 20.6. The highest BCUT2D eigenvalue weighted by molar-refractivity contribution is 5.80. The van der Waals surface area contributed by atoms with E-state index in [-0.39, 0.29) is 18.3 Å². The molecule has 30 heavy (non-hydrogen) atoms. The predicted molar refractivity (Wildman–Crippen MR) is 98.5 cm³/mol. The highest BCUT2D eigenvalue weighted by atomic mass is 19.3. The van der Waals surface area contributed by atoms with Crippen molar-refractivity contribution in [2.45, 2.75) is 44.6 Å². The van der Waals surface area contributed by atoms with Crippen LogP contribution in [0.3, 0.4) is 0 Å². The van der Waals surface area contributed by atoms with Crippen LogP contribution in [0.2, 0.25) is 0 Å². The fourth-order valence-electron chi connectivity index (χ4n) is 3.91. The number of hydrogen-bond donors (Lipinski definition) is 0. The number of alkyl halides is 4. The van der Waals surface area contributed by atoms with Crippen LogP contribution >= 0.6 is 0 Å². The molecule has 0 saturated heterocycles. The topological polar surface area (TPSA) is 18.5 Å². The van der Waals surface area contributed by atoms with E-state index in [1.807, 2.05) is 0 Å². The molecule has 8 heteroatoms. The van der Waals surface area contributed by atoms with Crippen molar-refractivity contribution < 1.29 is 35.8 Å². The van der Waals surface area contributed by atoms with Crippen LogP contribution in [-0.2, 0) is 16.6 Å². The van der Waals surface area contributed by atoms with Gasteiger partial charge in [0.05, 0.1) is 30.1 Å². The van der Waals surface area contributed by atoms with E-state index in [9.17, 15) is 22.0 Å². The lowest BCUT2D eigenvalue weighted by molar-refractivity contribution is -0.227. The van der Waals surface area contributed by atoms with Gasteiger partial charge in [0.25, 0.3) is 0 Å². The van der Waals surface area contributed by atoms with Crippen LogP contribution in [0.1, 0.15) is 43.4 Å². The van der Waals surface area contributed by atoms with E-state index < -0.39 is 51.5 Å². The molecule has 0 aromatic heterocycles. The largest absolute Gasteiger partial charge is 0.498 e. The van der Waals surface area contributed by atoms with Gasteiger partial charge in [-0.2, -0.15) is 17.6 Å². The minimum atomic E-state index is -4.97. The van der Waals surface area contributed by atoms with Gasteiger partial charge in [0.2, 0.25) is 0 Å². The van der Waals surface area contributed by atoms with Gasteiger partial charge in [0, 0.05) is 5.56 Å². The Bertz CT molecular complexity index is 1040. The second-order valence-electron chi connectivity index (χ2n) is 7.36. The minimum absolute atomic E-state index is 0.0396. The predicted octanol–water partition coefficient (Wildman–Crippen LogP) is 6.77. The lowest BCUT2D eigenvalue weighted by Crippen LogP contribution is -2.41. The number of allylic oxidation sites excluding steroid dienone is 1. The van der Waals surface area contributed by atoms with Crippen LogP contribution in [0.4, 0.5) is 26.3 Å². The number of rotatable bonds is 3. The molecule has 0 spiro atoms. The minimum Gasteiger partial charge on any atom is -0.498 e. The molecule has 2 aromatic carbocycles. The zero-order valence-electron chi connectivity index (χ0n) is 16.2. The molecule has 1 aliphatic heterocycles. The van der Waals surface area contributed by atoms with Crippen molar-refractivity contribution in [3.8, 4) is 16.9 Å². The first-order valence-corrected chi connectivity index (χ1v) is 9.50. The molecule has 0 bridgehead atoms. The maximum atomic E-state index is 15.2. The number of ether oxygens (including phenoxy) is 2. The summed E-state index contributed by atoms with van der Waals surface area (Å²) in [5, 5.41) is 0. The fraction of sp³-hybridized carbons (Fsp3) is 0.364. The third-order valence-electron chi connectivity index (χ3n) is 5.47. The van der Waals surface area contributed by atoms with E-state index in [0.29, 0.717) is 18.4 Å². The Morgan fingerprint density at radius 1 is 0.933 bits per heavy atom. The van der Waals surface area contributed by atoms with Crippen molar-refractivity contribution in [1.29, 1.82) is 0 Å². The molecule has 0 N–H and O–H groups in total. The second-order valence-corrected chi connectivity index (χ2v) is 7.36. The number of fused-ring (bicyclic) bond motifs is 3. The van der Waals surface area contributed by atoms with Gasteiger partial charge in [0.15, 0.2) is 11.6 Å². The van der Waals surface area contributed by atoms with Gasteiger partial charge in [-0.25, -0.2) is 8.78 Å². The summed E-state index contributed by atoms with van der Waals surface area (Å²) < 4.78 is 99.9. The highest BCUT2D eigenvalue weighted by Gasteiger charge is 2.65. The van der Waals surface area contributed by atoms with Crippen LogP contribution in [0.25, 0.3) is 16.7 Å². The molecule has 4 rings (SSSR count). The number of benzene rings is 2. The Morgan fingerprint density at radius 2 is 1.50 bits per heavy atom. The van der Waals surface area contributed by atoms with Crippen molar-refractivity contribution in [2.24, 2.45) is 0 Å². The molecule has 1 unspecified atom stereocenters. The zero-order valence-corrected chi connectivity index (χ0v) is 16.2. The van der Waals surface area contributed by atoms with Gasteiger partial charge in [-0.1, -0.05) is 12.1 Å².